The Kier molecular flexibility index (Phi) is 6.69. The van der Waals surface area contributed by atoms with Gasteiger partial charge in [0.25, 0.3) is 0 Å². The number of nitrogens with one attached hydrogen (secondary N) is 1. The number of piperidine rings is 1. The molecule has 1 heterocycles. The first-order valence-electron chi connectivity index (χ1n) is 6.33. The summed E-state index contributed by atoms with van der Waals surface area (Å²) in [5.74, 6) is 2.54. The van der Waals surface area contributed by atoms with E-state index in [4.69, 9.17) is 0 Å². The van der Waals surface area contributed by atoms with Crippen molar-refractivity contribution < 1.29 is 0 Å². The minimum atomic E-state index is 0.762. The molecule has 1 N–H and O–H groups in total. The number of thioether (sulfide) groups is 1. The second-order valence-electron chi connectivity index (χ2n) is 4.38. The summed E-state index contributed by atoms with van der Waals surface area (Å²) in [4.78, 5) is 2.65. The van der Waals surface area contributed by atoms with Crippen molar-refractivity contribution in [3.05, 3.63) is 0 Å². The van der Waals surface area contributed by atoms with E-state index in [2.05, 4.69) is 42.7 Å². The monoisotopic (exact) mass is 230 g/mol. The van der Waals surface area contributed by atoms with Gasteiger partial charge in [-0.25, -0.2) is 0 Å². The van der Waals surface area contributed by atoms with Gasteiger partial charge in [-0.05, 0) is 45.2 Å². The van der Waals surface area contributed by atoms with Gasteiger partial charge in [-0.1, -0.05) is 13.8 Å². The van der Waals surface area contributed by atoms with E-state index in [-0.39, 0.29) is 0 Å². The molecular weight excluding hydrogens is 204 g/mol. The first kappa shape index (κ1) is 13.3. The van der Waals surface area contributed by atoms with Crippen LogP contribution in [0, 0.1) is 0 Å². The lowest BCUT2D eigenvalue weighted by Gasteiger charge is -2.36. The van der Waals surface area contributed by atoms with Crippen LogP contribution in [0.3, 0.4) is 0 Å². The molecule has 0 aliphatic carbocycles. The molecule has 1 aliphatic rings. The summed E-state index contributed by atoms with van der Waals surface area (Å²) < 4.78 is 0. The standard InChI is InChI=1S/C12H26N2S/c1-4-13-12-6-8-14(9-7-12)11(3)10-15-5-2/h11-13H,4-10H2,1-3H3. The Labute approximate surface area is 99.2 Å². The van der Waals surface area contributed by atoms with E-state index in [1.807, 2.05) is 0 Å². The molecule has 1 atom stereocenters. The quantitative estimate of drug-likeness (QED) is 0.753. The summed E-state index contributed by atoms with van der Waals surface area (Å²) in [5, 5.41) is 3.56. The van der Waals surface area contributed by atoms with Crippen molar-refractivity contribution in [2.24, 2.45) is 0 Å². The summed E-state index contributed by atoms with van der Waals surface area (Å²) in [6.45, 7) is 10.5. The highest BCUT2D eigenvalue weighted by molar-refractivity contribution is 7.99. The molecule has 0 spiro atoms. The van der Waals surface area contributed by atoms with Crippen LogP contribution >= 0.6 is 11.8 Å². The maximum absolute atomic E-state index is 3.56. The lowest BCUT2D eigenvalue weighted by atomic mass is 10.0. The zero-order valence-corrected chi connectivity index (χ0v) is 11.3. The minimum absolute atomic E-state index is 0.762. The highest BCUT2D eigenvalue weighted by Gasteiger charge is 2.21. The van der Waals surface area contributed by atoms with Gasteiger partial charge in [0.05, 0.1) is 0 Å². The molecule has 1 unspecified atom stereocenters. The lowest BCUT2D eigenvalue weighted by Crippen LogP contribution is -2.46. The Hall–Kier alpha value is 0.270. The van der Waals surface area contributed by atoms with Crippen LogP contribution < -0.4 is 5.32 Å². The topological polar surface area (TPSA) is 15.3 Å². The van der Waals surface area contributed by atoms with Gasteiger partial charge in [0.2, 0.25) is 0 Å². The van der Waals surface area contributed by atoms with E-state index in [0.717, 1.165) is 18.6 Å². The molecule has 0 amide bonds. The molecule has 2 nitrogen and oxygen atoms in total. The zero-order chi connectivity index (χ0) is 11.1. The Morgan fingerprint density at radius 1 is 1.33 bits per heavy atom. The van der Waals surface area contributed by atoms with Crippen molar-refractivity contribution in [1.82, 2.24) is 10.2 Å². The van der Waals surface area contributed by atoms with Crippen LogP contribution in [0.2, 0.25) is 0 Å². The van der Waals surface area contributed by atoms with Crippen molar-refractivity contribution in [2.45, 2.75) is 45.7 Å². The second kappa shape index (κ2) is 7.53. The SMILES string of the molecule is CCNC1CCN(C(C)CSCC)CC1. The van der Waals surface area contributed by atoms with Crippen LogP contribution in [0.25, 0.3) is 0 Å². The normalized spacial score (nSPS) is 21.8. The van der Waals surface area contributed by atoms with Crippen molar-refractivity contribution >= 4 is 11.8 Å². The molecule has 15 heavy (non-hydrogen) atoms. The van der Waals surface area contributed by atoms with Crippen LogP contribution in [0.4, 0.5) is 0 Å². The molecule has 0 aromatic carbocycles. The summed E-state index contributed by atoms with van der Waals surface area (Å²) >= 11 is 2.06. The summed E-state index contributed by atoms with van der Waals surface area (Å²) in [6, 6.07) is 1.54. The van der Waals surface area contributed by atoms with Crippen LogP contribution in [-0.4, -0.2) is 48.1 Å². The number of rotatable bonds is 6. The van der Waals surface area contributed by atoms with E-state index in [1.54, 1.807) is 0 Å². The third-order valence-electron chi connectivity index (χ3n) is 3.21. The predicted molar refractivity (Wildman–Crippen MR) is 70.7 cm³/mol. The molecule has 1 saturated heterocycles. The van der Waals surface area contributed by atoms with Gasteiger partial charge in [-0.15, -0.1) is 0 Å². The lowest BCUT2D eigenvalue weighted by molar-refractivity contribution is 0.164. The maximum Gasteiger partial charge on any atom is 0.0158 e. The fraction of sp³-hybridized carbons (Fsp3) is 1.00. The average Bonchev–Trinajstić information content (AvgIpc) is 2.27. The van der Waals surface area contributed by atoms with Gasteiger partial charge in [-0.2, -0.15) is 11.8 Å². The van der Waals surface area contributed by atoms with E-state index in [0.29, 0.717) is 0 Å². The zero-order valence-electron chi connectivity index (χ0n) is 10.5. The van der Waals surface area contributed by atoms with E-state index < -0.39 is 0 Å². The molecular formula is C12H26N2S. The average molecular weight is 230 g/mol. The summed E-state index contributed by atoms with van der Waals surface area (Å²) in [6.07, 6.45) is 2.66. The number of likely N-dealkylation sites (tertiary alicyclic amines) is 1. The van der Waals surface area contributed by atoms with Crippen molar-refractivity contribution in [1.29, 1.82) is 0 Å². The van der Waals surface area contributed by atoms with Crippen LogP contribution in [-0.2, 0) is 0 Å². The molecule has 90 valence electrons. The van der Waals surface area contributed by atoms with Crippen LogP contribution in [0.1, 0.15) is 33.6 Å². The van der Waals surface area contributed by atoms with Gasteiger partial charge >= 0.3 is 0 Å². The van der Waals surface area contributed by atoms with Crippen LogP contribution in [0.5, 0.6) is 0 Å². The minimum Gasteiger partial charge on any atom is -0.314 e. The van der Waals surface area contributed by atoms with Gasteiger partial charge in [-0.3, -0.25) is 4.90 Å². The third-order valence-corrected chi connectivity index (χ3v) is 4.34. The predicted octanol–water partition coefficient (Wildman–Crippen LogP) is 2.20. The molecule has 0 aromatic rings. The fourth-order valence-electron chi connectivity index (χ4n) is 2.23. The third kappa shape index (κ3) is 4.75. The Morgan fingerprint density at radius 2 is 2.00 bits per heavy atom. The van der Waals surface area contributed by atoms with Crippen molar-refractivity contribution in [3.63, 3.8) is 0 Å². The first-order valence-corrected chi connectivity index (χ1v) is 7.48. The molecule has 1 rings (SSSR count). The highest BCUT2D eigenvalue weighted by atomic mass is 32.2. The maximum atomic E-state index is 3.56. The van der Waals surface area contributed by atoms with E-state index >= 15 is 0 Å². The number of hydrogen-bond acceptors (Lipinski definition) is 3. The van der Waals surface area contributed by atoms with Gasteiger partial charge < -0.3 is 5.32 Å². The van der Waals surface area contributed by atoms with Gasteiger partial charge in [0, 0.05) is 17.8 Å². The molecule has 0 saturated carbocycles. The Balaban J connectivity index is 2.18. The first-order chi connectivity index (χ1) is 7.27. The van der Waals surface area contributed by atoms with Crippen molar-refractivity contribution in [3.8, 4) is 0 Å². The molecule has 1 fully saturated rings. The molecule has 3 heteroatoms. The molecule has 0 bridgehead atoms. The number of hydrogen-bond donors (Lipinski definition) is 1. The smallest absolute Gasteiger partial charge is 0.0158 e. The van der Waals surface area contributed by atoms with Gasteiger partial charge in [0.15, 0.2) is 0 Å². The largest absolute Gasteiger partial charge is 0.314 e. The van der Waals surface area contributed by atoms with E-state index in [1.165, 1.54) is 37.4 Å². The van der Waals surface area contributed by atoms with Gasteiger partial charge in [0.1, 0.15) is 0 Å². The van der Waals surface area contributed by atoms with Crippen LogP contribution in [0.15, 0.2) is 0 Å². The second-order valence-corrected chi connectivity index (χ2v) is 5.70. The summed E-state index contributed by atoms with van der Waals surface area (Å²) in [5.41, 5.74) is 0. The fourth-order valence-corrected chi connectivity index (χ4v) is 3.01. The Morgan fingerprint density at radius 3 is 2.53 bits per heavy atom. The Bertz CT molecular complexity index is 156. The number of nitrogens with zero attached hydrogens (tertiary/aromatic N) is 1. The van der Waals surface area contributed by atoms with Crippen molar-refractivity contribution in [2.75, 3.05) is 31.1 Å². The molecule has 0 radical (unpaired) electrons. The highest BCUT2D eigenvalue weighted by Crippen LogP contribution is 2.15. The molecule has 0 aromatic heterocycles. The van der Waals surface area contributed by atoms with E-state index in [9.17, 15) is 0 Å². The summed E-state index contributed by atoms with van der Waals surface area (Å²) in [7, 11) is 0. The molecule has 1 aliphatic heterocycles.